The number of ether oxygens (including phenoxy) is 2. The lowest BCUT2D eigenvalue weighted by atomic mass is 10.0. The summed E-state index contributed by atoms with van der Waals surface area (Å²) in [6.07, 6.45) is 1.79. The largest absolute Gasteiger partial charge is 0.454 e. The number of fused-ring (bicyclic) bond motifs is 1. The van der Waals surface area contributed by atoms with Gasteiger partial charge < -0.3 is 19.7 Å². The summed E-state index contributed by atoms with van der Waals surface area (Å²) in [4.78, 5) is 7.75. The molecule has 0 saturated carbocycles. The minimum atomic E-state index is -0.0844. The lowest BCUT2D eigenvalue weighted by Gasteiger charge is -2.27. The van der Waals surface area contributed by atoms with Crippen LogP contribution in [-0.4, -0.2) is 16.9 Å². The Morgan fingerprint density at radius 2 is 2.04 bits per heavy atom. The molecule has 4 heterocycles. The van der Waals surface area contributed by atoms with Crippen molar-refractivity contribution in [2.24, 2.45) is 0 Å². The van der Waals surface area contributed by atoms with Crippen molar-refractivity contribution in [2.45, 2.75) is 12.1 Å². The molecule has 5 nitrogen and oxygen atoms in total. The van der Waals surface area contributed by atoms with Crippen molar-refractivity contribution >= 4 is 46.0 Å². The first-order chi connectivity index (χ1) is 13.2. The Labute approximate surface area is 170 Å². The molecule has 27 heavy (non-hydrogen) atoms. The number of pyridine rings is 1. The zero-order valence-corrected chi connectivity index (χ0v) is 16.4. The Balaban J connectivity index is 1.61. The standard InChI is InChI=1S/C19H14ClN3O2S2/c20-16-7-6-15(27-16)18-17(12-3-1-2-8-21-12)22-19(26)23(18)11-4-5-13-14(9-11)25-10-24-13/h1-9,17-18H,10H2,(H,22,26)/t17-,18-/m1/s1. The van der Waals surface area contributed by atoms with Crippen LogP contribution in [-0.2, 0) is 0 Å². The highest BCUT2D eigenvalue weighted by Gasteiger charge is 2.41. The van der Waals surface area contributed by atoms with Gasteiger partial charge >= 0.3 is 0 Å². The molecule has 2 aliphatic heterocycles. The van der Waals surface area contributed by atoms with Gasteiger partial charge in [0.1, 0.15) is 0 Å². The second kappa shape index (κ2) is 6.67. The van der Waals surface area contributed by atoms with Gasteiger partial charge in [0.15, 0.2) is 16.6 Å². The number of thiophene rings is 1. The highest BCUT2D eigenvalue weighted by Crippen LogP contribution is 2.46. The highest BCUT2D eigenvalue weighted by atomic mass is 35.5. The molecule has 1 fully saturated rings. The molecular formula is C19H14ClN3O2S2. The number of nitrogens with zero attached hydrogens (tertiary/aromatic N) is 2. The smallest absolute Gasteiger partial charge is 0.231 e. The van der Waals surface area contributed by atoms with E-state index in [9.17, 15) is 0 Å². The maximum Gasteiger partial charge on any atom is 0.231 e. The second-order valence-electron chi connectivity index (χ2n) is 6.18. The Morgan fingerprint density at radius 3 is 2.81 bits per heavy atom. The van der Waals surface area contributed by atoms with Crippen LogP contribution < -0.4 is 19.7 Å². The number of hydrogen-bond acceptors (Lipinski definition) is 5. The van der Waals surface area contributed by atoms with Crippen molar-refractivity contribution in [1.29, 1.82) is 0 Å². The van der Waals surface area contributed by atoms with Gasteiger partial charge in [-0.25, -0.2) is 0 Å². The lowest BCUT2D eigenvalue weighted by Crippen LogP contribution is -2.29. The molecule has 0 aliphatic carbocycles. The average Bonchev–Trinajstić information content (AvgIpc) is 3.39. The molecule has 3 aromatic rings. The van der Waals surface area contributed by atoms with Crippen molar-refractivity contribution in [3.63, 3.8) is 0 Å². The molecule has 2 aromatic heterocycles. The molecule has 0 amide bonds. The Kier molecular flexibility index (Phi) is 4.15. The second-order valence-corrected chi connectivity index (χ2v) is 8.31. The summed E-state index contributed by atoms with van der Waals surface area (Å²) in [5.41, 5.74) is 1.86. The van der Waals surface area contributed by atoms with Gasteiger partial charge in [0.05, 0.1) is 22.1 Å². The molecule has 2 atom stereocenters. The van der Waals surface area contributed by atoms with E-state index in [1.165, 1.54) is 0 Å². The van der Waals surface area contributed by atoms with Crippen LogP contribution in [0.25, 0.3) is 0 Å². The average molecular weight is 416 g/mol. The Bertz CT molecular complexity index is 1010. The van der Waals surface area contributed by atoms with E-state index in [0.29, 0.717) is 5.11 Å². The van der Waals surface area contributed by atoms with Crippen molar-refractivity contribution in [3.8, 4) is 11.5 Å². The molecular weight excluding hydrogens is 402 g/mol. The van der Waals surface area contributed by atoms with Gasteiger partial charge in [-0.15, -0.1) is 11.3 Å². The van der Waals surface area contributed by atoms with Gasteiger partial charge in [-0.05, 0) is 48.6 Å². The Morgan fingerprint density at radius 1 is 1.15 bits per heavy atom. The van der Waals surface area contributed by atoms with Crippen LogP contribution in [0, 0.1) is 0 Å². The summed E-state index contributed by atoms with van der Waals surface area (Å²) in [6.45, 7) is 0.238. The Hall–Kier alpha value is -2.35. The number of nitrogens with one attached hydrogen (secondary N) is 1. The molecule has 8 heteroatoms. The van der Waals surface area contributed by atoms with Crippen molar-refractivity contribution < 1.29 is 9.47 Å². The van der Waals surface area contributed by atoms with Crippen LogP contribution in [0.15, 0.2) is 54.7 Å². The molecule has 136 valence electrons. The third kappa shape index (κ3) is 2.92. The summed E-state index contributed by atoms with van der Waals surface area (Å²) in [6, 6.07) is 15.6. The van der Waals surface area contributed by atoms with Crippen LogP contribution in [0.2, 0.25) is 4.34 Å². The first-order valence-electron chi connectivity index (χ1n) is 8.36. The van der Waals surface area contributed by atoms with Crippen LogP contribution in [0.5, 0.6) is 11.5 Å². The van der Waals surface area contributed by atoms with E-state index in [2.05, 4.69) is 15.2 Å². The summed E-state index contributed by atoms with van der Waals surface area (Å²) in [7, 11) is 0. The zero-order chi connectivity index (χ0) is 18.4. The van der Waals surface area contributed by atoms with Crippen LogP contribution in [0.1, 0.15) is 22.7 Å². The van der Waals surface area contributed by atoms with Gasteiger partial charge in [0.2, 0.25) is 6.79 Å². The molecule has 0 bridgehead atoms. The third-order valence-electron chi connectivity index (χ3n) is 4.62. The van der Waals surface area contributed by atoms with Gasteiger partial charge in [0, 0.05) is 22.8 Å². The van der Waals surface area contributed by atoms with Crippen LogP contribution in [0.4, 0.5) is 5.69 Å². The first-order valence-corrected chi connectivity index (χ1v) is 9.96. The number of benzene rings is 1. The fourth-order valence-corrected chi connectivity index (χ4v) is 4.98. The fraction of sp³-hybridized carbons (Fsp3) is 0.158. The van der Waals surface area contributed by atoms with E-state index in [-0.39, 0.29) is 18.9 Å². The molecule has 0 spiro atoms. The van der Waals surface area contributed by atoms with E-state index in [0.717, 1.165) is 32.1 Å². The summed E-state index contributed by atoms with van der Waals surface area (Å²) >= 11 is 13.5. The minimum absolute atomic E-state index is 0.0646. The van der Waals surface area contributed by atoms with Crippen molar-refractivity contribution in [3.05, 3.63) is 69.6 Å². The predicted molar refractivity (Wildman–Crippen MR) is 110 cm³/mol. The van der Waals surface area contributed by atoms with Crippen molar-refractivity contribution in [1.82, 2.24) is 10.3 Å². The number of anilines is 1. The molecule has 1 N–H and O–H groups in total. The highest BCUT2D eigenvalue weighted by molar-refractivity contribution is 7.80. The molecule has 1 aromatic carbocycles. The SMILES string of the molecule is S=C1N[C@H](c2ccccn2)[C@@H](c2ccc(Cl)s2)N1c1ccc2c(c1)OCO2. The number of hydrogen-bond donors (Lipinski definition) is 1. The van der Waals surface area contributed by atoms with Gasteiger partial charge in [-0.2, -0.15) is 0 Å². The van der Waals surface area contributed by atoms with Gasteiger partial charge in [0.25, 0.3) is 0 Å². The maximum atomic E-state index is 6.23. The molecule has 1 saturated heterocycles. The number of rotatable bonds is 3. The molecule has 0 radical (unpaired) electrons. The fourth-order valence-electron chi connectivity index (χ4n) is 3.44. The first kappa shape index (κ1) is 16.8. The quantitative estimate of drug-likeness (QED) is 0.625. The number of thiocarbonyl (C=S) groups is 1. The van der Waals surface area contributed by atoms with Crippen LogP contribution in [0.3, 0.4) is 0 Å². The maximum absolute atomic E-state index is 6.23. The van der Waals surface area contributed by atoms with E-state index in [1.54, 1.807) is 17.5 Å². The molecule has 5 rings (SSSR count). The van der Waals surface area contributed by atoms with E-state index < -0.39 is 0 Å². The minimum Gasteiger partial charge on any atom is -0.454 e. The summed E-state index contributed by atoms with van der Waals surface area (Å²) in [5.74, 6) is 1.47. The lowest BCUT2D eigenvalue weighted by molar-refractivity contribution is 0.174. The number of halogens is 1. The monoisotopic (exact) mass is 415 g/mol. The van der Waals surface area contributed by atoms with E-state index in [1.807, 2.05) is 48.5 Å². The summed E-state index contributed by atoms with van der Waals surface area (Å²) < 4.78 is 11.7. The van der Waals surface area contributed by atoms with Crippen molar-refractivity contribution in [2.75, 3.05) is 11.7 Å². The molecule has 0 unspecified atom stereocenters. The summed E-state index contributed by atoms with van der Waals surface area (Å²) in [5, 5.41) is 4.07. The predicted octanol–water partition coefficient (Wildman–Crippen LogP) is 4.70. The van der Waals surface area contributed by atoms with Gasteiger partial charge in [-0.3, -0.25) is 4.98 Å². The zero-order valence-electron chi connectivity index (χ0n) is 14.0. The molecule has 2 aliphatic rings. The topological polar surface area (TPSA) is 46.6 Å². The van der Waals surface area contributed by atoms with E-state index in [4.69, 9.17) is 33.3 Å². The number of aromatic nitrogens is 1. The van der Waals surface area contributed by atoms with E-state index >= 15 is 0 Å². The third-order valence-corrected chi connectivity index (χ3v) is 6.23. The normalized spacial score (nSPS) is 20.8. The van der Waals surface area contributed by atoms with Crippen LogP contribution >= 0.6 is 35.2 Å². The van der Waals surface area contributed by atoms with Gasteiger partial charge in [-0.1, -0.05) is 17.7 Å².